The van der Waals surface area contributed by atoms with E-state index in [9.17, 15) is 4.79 Å². The summed E-state index contributed by atoms with van der Waals surface area (Å²) in [5.74, 6) is 0.999. The van der Waals surface area contributed by atoms with Crippen LogP contribution < -0.4 is 15.5 Å². The Morgan fingerprint density at radius 3 is 2.42 bits per heavy atom. The Hall–Kier alpha value is -2.58. The highest BCUT2D eigenvalue weighted by Gasteiger charge is 2.21. The molecule has 8 heteroatoms. The molecule has 1 aromatic carbocycles. The Labute approximate surface area is 185 Å². The van der Waals surface area contributed by atoms with Crippen LogP contribution in [0.3, 0.4) is 0 Å². The Bertz CT molecular complexity index is 733. The number of anilines is 1. The zero-order chi connectivity index (χ0) is 21.9. The number of rotatable bonds is 9. The lowest BCUT2D eigenvalue weighted by Crippen LogP contribution is -2.54. The van der Waals surface area contributed by atoms with E-state index >= 15 is 0 Å². The first kappa shape index (κ1) is 23.1. The number of ether oxygens (including phenoxy) is 1. The smallest absolute Gasteiger partial charge is 0.234 e. The molecule has 0 atom stereocenters. The van der Waals surface area contributed by atoms with Gasteiger partial charge in [-0.25, -0.2) is 4.99 Å². The number of guanidine groups is 1. The lowest BCUT2D eigenvalue weighted by Gasteiger charge is -2.36. The number of aliphatic imine (C=N–C) groups is 1. The summed E-state index contributed by atoms with van der Waals surface area (Å²) in [6, 6.07) is 8.70. The Kier molecular flexibility index (Phi) is 9.17. The average Bonchev–Trinajstić information content (AvgIpc) is 3.33. The Morgan fingerprint density at radius 1 is 1.06 bits per heavy atom. The number of benzene rings is 1. The standard InChI is InChI=1S/C23H36N6O2/c1-3-24-23(26-18-20-6-8-21(9-7-20)28-11-4-5-12-28)29-15-13-27(14-16-29)19-22(30)25-10-17-31-2/h4-9H,3,10-19H2,1-2H3,(H,24,26)(H,25,30). The van der Waals surface area contributed by atoms with Crippen LogP contribution in [-0.4, -0.2) is 94.3 Å². The first-order valence-corrected chi connectivity index (χ1v) is 11.2. The third kappa shape index (κ3) is 7.25. The summed E-state index contributed by atoms with van der Waals surface area (Å²) >= 11 is 0. The molecule has 170 valence electrons. The molecule has 1 fully saturated rings. The fourth-order valence-corrected chi connectivity index (χ4v) is 3.76. The van der Waals surface area contributed by atoms with Crippen molar-refractivity contribution < 1.29 is 9.53 Å². The molecular formula is C23H36N6O2. The number of piperazine rings is 1. The Balaban J connectivity index is 1.48. The van der Waals surface area contributed by atoms with Gasteiger partial charge in [0.2, 0.25) is 5.91 Å². The van der Waals surface area contributed by atoms with Crippen molar-refractivity contribution >= 4 is 17.6 Å². The summed E-state index contributed by atoms with van der Waals surface area (Å²) in [4.78, 5) is 23.7. The summed E-state index contributed by atoms with van der Waals surface area (Å²) in [5, 5.41) is 6.30. The van der Waals surface area contributed by atoms with Crippen molar-refractivity contribution in [3.63, 3.8) is 0 Å². The van der Waals surface area contributed by atoms with Crippen LogP contribution in [0.25, 0.3) is 0 Å². The molecule has 0 aliphatic carbocycles. The second-order valence-electron chi connectivity index (χ2n) is 7.82. The molecule has 0 radical (unpaired) electrons. The molecule has 1 saturated heterocycles. The van der Waals surface area contributed by atoms with Crippen molar-refractivity contribution in [1.82, 2.24) is 20.4 Å². The van der Waals surface area contributed by atoms with E-state index in [0.717, 1.165) is 51.8 Å². The predicted octanol–water partition coefficient (Wildman–Crippen LogP) is 0.909. The van der Waals surface area contributed by atoms with Crippen molar-refractivity contribution in [2.75, 3.05) is 77.5 Å². The van der Waals surface area contributed by atoms with Crippen LogP contribution in [0.5, 0.6) is 0 Å². The molecule has 3 rings (SSSR count). The molecule has 2 aliphatic heterocycles. The van der Waals surface area contributed by atoms with Gasteiger partial charge in [0, 0.05) is 65.2 Å². The maximum atomic E-state index is 12.0. The number of methoxy groups -OCH3 is 1. The molecule has 2 N–H and O–H groups in total. The van der Waals surface area contributed by atoms with E-state index in [1.165, 1.54) is 11.3 Å². The van der Waals surface area contributed by atoms with Gasteiger partial charge in [-0.3, -0.25) is 9.69 Å². The van der Waals surface area contributed by atoms with Crippen molar-refractivity contribution in [2.45, 2.75) is 13.5 Å². The minimum atomic E-state index is 0.0548. The largest absolute Gasteiger partial charge is 0.383 e. The van der Waals surface area contributed by atoms with Crippen LogP contribution in [-0.2, 0) is 16.1 Å². The second kappa shape index (κ2) is 12.3. The number of hydrogen-bond acceptors (Lipinski definition) is 5. The number of nitrogens with one attached hydrogen (secondary N) is 2. The second-order valence-corrected chi connectivity index (χ2v) is 7.82. The molecule has 1 aromatic rings. The summed E-state index contributed by atoms with van der Waals surface area (Å²) in [5.41, 5.74) is 2.46. The van der Waals surface area contributed by atoms with Crippen LogP contribution in [0.2, 0.25) is 0 Å². The molecular weight excluding hydrogens is 392 g/mol. The molecule has 0 spiro atoms. The predicted molar refractivity (Wildman–Crippen MR) is 126 cm³/mol. The highest BCUT2D eigenvalue weighted by Crippen LogP contribution is 2.18. The van der Waals surface area contributed by atoms with Crippen LogP contribution in [0.15, 0.2) is 41.4 Å². The minimum Gasteiger partial charge on any atom is -0.383 e. The first-order valence-electron chi connectivity index (χ1n) is 11.2. The van der Waals surface area contributed by atoms with Gasteiger partial charge in [0.1, 0.15) is 0 Å². The van der Waals surface area contributed by atoms with Gasteiger partial charge < -0.3 is 25.2 Å². The molecule has 0 saturated carbocycles. The molecule has 0 bridgehead atoms. The number of nitrogens with zero attached hydrogens (tertiary/aromatic N) is 4. The number of carbonyl (C=O) groups is 1. The van der Waals surface area contributed by atoms with Crippen LogP contribution in [0.1, 0.15) is 12.5 Å². The van der Waals surface area contributed by atoms with Crippen LogP contribution in [0, 0.1) is 0 Å². The van der Waals surface area contributed by atoms with Gasteiger partial charge in [0.05, 0.1) is 19.7 Å². The van der Waals surface area contributed by atoms with E-state index < -0.39 is 0 Å². The summed E-state index contributed by atoms with van der Waals surface area (Å²) in [6.45, 7) is 10.5. The lowest BCUT2D eigenvalue weighted by molar-refractivity contribution is -0.122. The van der Waals surface area contributed by atoms with Gasteiger partial charge in [-0.2, -0.15) is 0 Å². The molecule has 0 aromatic heterocycles. The first-order chi connectivity index (χ1) is 15.2. The normalized spacial score (nSPS) is 17.3. The minimum absolute atomic E-state index is 0.0548. The van der Waals surface area contributed by atoms with E-state index in [1.54, 1.807) is 7.11 Å². The van der Waals surface area contributed by atoms with E-state index in [-0.39, 0.29) is 5.91 Å². The number of hydrogen-bond donors (Lipinski definition) is 2. The maximum Gasteiger partial charge on any atom is 0.234 e. The molecule has 8 nitrogen and oxygen atoms in total. The maximum absolute atomic E-state index is 12.0. The van der Waals surface area contributed by atoms with E-state index in [0.29, 0.717) is 26.2 Å². The third-order valence-electron chi connectivity index (χ3n) is 5.53. The molecule has 31 heavy (non-hydrogen) atoms. The zero-order valence-electron chi connectivity index (χ0n) is 18.8. The van der Waals surface area contributed by atoms with E-state index in [2.05, 4.69) is 68.7 Å². The molecule has 2 aliphatic rings. The highest BCUT2D eigenvalue weighted by molar-refractivity contribution is 5.80. The van der Waals surface area contributed by atoms with Crippen molar-refractivity contribution in [1.29, 1.82) is 0 Å². The van der Waals surface area contributed by atoms with Gasteiger partial charge in [-0.05, 0) is 24.6 Å². The summed E-state index contributed by atoms with van der Waals surface area (Å²) in [7, 11) is 1.64. The average molecular weight is 429 g/mol. The lowest BCUT2D eigenvalue weighted by atomic mass is 10.2. The molecule has 2 heterocycles. The van der Waals surface area contributed by atoms with Crippen LogP contribution >= 0.6 is 0 Å². The SMILES string of the molecule is CCNC(=NCc1ccc(N2CC=CC2)cc1)N1CCN(CC(=O)NCCOC)CC1. The van der Waals surface area contributed by atoms with E-state index in [4.69, 9.17) is 9.73 Å². The van der Waals surface area contributed by atoms with Crippen molar-refractivity contribution in [3.05, 3.63) is 42.0 Å². The molecule has 0 unspecified atom stereocenters. The van der Waals surface area contributed by atoms with Crippen LogP contribution in [0.4, 0.5) is 5.69 Å². The Morgan fingerprint density at radius 2 is 1.77 bits per heavy atom. The highest BCUT2D eigenvalue weighted by atomic mass is 16.5. The fraction of sp³-hybridized carbons (Fsp3) is 0.565. The monoisotopic (exact) mass is 428 g/mol. The fourth-order valence-electron chi connectivity index (χ4n) is 3.76. The summed E-state index contributed by atoms with van der Waals surface area (Å²) < 4.78 is 4.97. The van der Waals surface area contributed by atoms with Crippen molar-refractivity contribution in [3.8, 4) is 0 Å². The van der Waals surface area contributed by atoms with Gasteiger partial charge in [-0.15, -0.1) is 0 Å². The number of carbonyl (C=O) groups excluding carboxylic acids is 1. The topological polar surface area (TPSA) is 72.4 Å². The van der Waals surface area contributed by atoms with Gasteiger partial charge in [0.25, 0.3) is 0 Å². The van der Waals surface area contributed by atoms with Gasteiger partial charge >= 0.3 is 0 Å². The number of amides is 1. The third-order valence-corrected chi connectivity index (χ3v) is 5.53. The quantitative estimate of drug-likeness (QED) is 0.264. The van der Waals surface area contributed by atoms with E-state index in [1.807, 2.05) is 0 Å². The summed E-state index contributed by atoms with van der Waals surface area (Å²) in [6.07, 6.45) is 4.41. The van der Waals surface area contributed by atoms with Crippen molar-refractivity contribution in [2.24, 2.45) is 4.99 Å². The zero-order valence-corrected chi connectivity index (χ0v) is 18.8. The van der Waals surface area contributed by atoms with Gasteiger partial charge in [0.15, 0.2) is 5.96 Å². The molecule has 1 amide bonds. The van der Waals surface area contributed by atoms with Gasteiger partial charge in [-0.1, -0.05) is 24.3 Å².